The number of fused-ring (bicyclic) bond motifs is 5. The molecule has 0 spiro atoms. The number of carbonyl (C=O) groups is 2. The molecule has 1 amide bonds. The van der Waals surface area contributed by atoms with Gasteiger partial charge in [-0.1, -0.05) is 110 Å². The van der Waals surface area contributed by atoms with Gasteiger partial charge in [0.2, 0.25) is 5.91 Å². The number of benzene rings is 4. The van der Waals surface area contributed by atoms with Gasteiger partial charge in [-0.3, -0.25) is 19.1 Å². The summed E-state index contributed by atoms with van der Waals surface area (Å²) in [7, 11) is 0. The molecule has 0 fully saturated rings. The van der Waals surface area contributed by atoms with Gasteiger partial charge in [0, 0.05) is 29.5 Å². The number of aryl methyl sites for hydroxylation is 1. The smallest absolute Gasteiger partial charge is 0.343 e. The number of hydrogen-bond donors (Lipinski definition) is 2. The monoisotopic (exact) mass is 816 g/mol. The van der Waals surface area contributed by atoms with Gasteiger partial charge < -0.3 is 19.1 Å². The first-order chi connectivity index (χ1) is 29.8. The van der Waals surface area contributed by atoms with Crippen molar-refractivity contribution in [3.8, 4) is 17.1 Å². The standard InChI is InChI=1S/C48H44N6O7/c1-2-47(58)40-27-42-44-33(28-54(42)45(56)39(40)31-60-46(47)57)25-32-26-38(22-23-41(32)49-44)59-30-37-29-53(52-50-37)24-14-6-13-21-43(55)51-61-48(34-15-7-3-8-16-34,35-17-9-4-10-18-35)36-19-11-5-12-20-36/h3-5,7-12,15-20,22-23,25-27,29,58H,2,6,13-14,21,24,28,30-31H2,1H3,(H,51,55)/t47-/m0/s1. The number of hydroxylamine groups is 1. The summed E-state index contributed by atoms with van der Waals surface area (Å²) < 4.78 is 14.7. The predicted molar refractivity (Wildman–Crippen MR) is 226 cm³/mol. The van der Waals surface area contributed by atoms with Crippen LogP contribution in [0.25, 0.3) is 22.3 Å². The fourth-order valence-corrected chi connectivity index (χ4v) is 8.34. The number of cyclic esters (lactones) is 1. The number of amides is 1. The zero-order valence-electron chi connectivity index (χ0n) is 33.6. The van der Waals surface area contributed by atoms with Gasteiger partial charge in [0.1, 0.15) is 24.7 Å². The number of hydrogen-bond acceptors (Lipinski definition) is 10. The number of unbranched alkanes of at least 4 members (excludes halogenated alkanes) is 2. The second-order valence-corrected chi connectivity index (χ2v) is 15.4. The highest BCUT2D eigenvalue weighted by Gasteiger charge is 2.45. The van der Waals surface area contributed by atoms with Gasteiger partial charge in [0.25, 0.3) is 5.56 Å². The maximum Gasteiger partial charge on any atom is 0.343 e. The number of nitrogens with zero attached hydrogens (tertiary/aromatic N) is 5. The van der Waals surface area contributed by atoms with Crippen molar-refractivity contribution in [3.05, 3.63) is 177 Å². The third kappa shape index (κ3) is 7.47. The lowest BCUT2D eigenvalue weighted by molar-refractivity contribution is -0.172. The van der Waals surface area contributed by atoms with Crippen LogP contribution in [-0.2, 0) is 56.7 Å². The number of ether oxygens (including phenoxy) is 2. The first-order valence-corrected chi connectivity index (χ1v) is 20.5. The van der Waals surface area contributed by atoms with E-state index in [1.165, 1.54) is 0 Å². The summed E-state index contributed by atoms with van der Waals surface area (Å²) in [6, 6.07) is 39.0. The van der Waals surface area contributed by atoms with Gasteiger partial charge >= 0.3 is 5.97 Å². The van der Waals surface area contributed by atoms with Crippen LogP contribution in [-0.4, -0.2) is 41.5 Å². The molecule has 0 saturated heterocycles. The van der Waals surface area contributed by atoms with Crippen LogP contribution in [0.4, 0.5) is 0 Å². The molecule has 0 aliphatic carbocycles. The normalized spacial score (nSPS) is 15.5. The third-order valence-electron chi connectivity index (χ3n) is 11.6. The van der Waals surface area contributed by atoms with Crippen molar-refractivity contribution in [2.24, 2.45) is 0 Å². The van der Waals surface area contributed by atoms with E-state index in [0.29, 0.717) is 59.8 Å². The summed E-state index contributed by atoms with van der Waals surface area (Å²) in [5.41, 5.74) is 6.30. The van der Waals surface area contributed by atoms with Crippen molar-refractivity contribution >= 4 is 22.8 Å². The molecule has 3 aromatic heterocycles. The molecular weight excluding hydrogens is 773 g/mol. The molecule has 9 rings (SSSR count). The number of aliphatic hydroxyl groups is 1. The number of carbonyl (C=O) groups excluding carboxylic acids is 2. The SMILES string of the molecule is CC[C@@]1(O)C(=O)OCc2c1cc1n(c2=O)Cc2cc3cc(OCc4cn(CCCCCC(=O)NOC(c5ccccc5)(c5ccccc5)c5ccccc5)nn4)ccc3nc2-1. The van der Waals surface area contributed by atoms with E-state index >= 15 is 0 Å². The Kier molecular flexibility index (Phi) is 10.7. The van der Waals surface area contributed by atoms with Gasteiger partial charge in [-0.25, -0.2) is 15.3 Å². The molecule has 2 N–H and O–H groups in total. The zero-order valence-corrected chi connectivity index (χ0v) is 33.6. The fourth-order valence-electron chi connectivity index (χ4n) is 8.34. The first-order valence-electron chi connectivity index (χ1n) is 20.5. The minimum atomic E-state index is -1.87. The number of aromatic nitrogens is 5. The van der Waals surface area contributed by atoms with Crippen molar-refractivity contribution in [2.45, 2.75) is 76.5 Å². The van der Waals surface area contributed by atoms with Gasteiger partial charge in [-0.15, -0.1) is 5.10 Å². The minimum Gasteiger partial charge on any atom is -0.487 e. The zero-order chi connectivity index (χ0) is 42.0. The van der Waals surface area contributed by atoms with Crippen LogP contribution in [0.2, 0.25) is 0 Å². The molecule has 5 heterocycles. The number of rotatable bonds is 15. The van der Waals surface area contributed by atoms with E-state index in [-0.39, 0.29) is 36.7 Å². The highest BCUT2D eigenvalue weighted by atomic mass is 16.7. The molecule has 13 heteroatoms. The van der Waals surface area contributed by atoms with Crippen LogP contribution < -0.4 is 15.8 Å². The summed E-state index contributed by atoms with van der Waals surface area (Å²) in [5, 5.41) is 20.6. The Hall–Kier alpha value is -6.96. The summed E-state index contributed by atoms with van der Waals surface area (Å²) in [6.45, 7) is 2.69. The van der Waals surface area contributed by atoms with Gasteiger partial charge in [0.05, 0.1) is 35.2 Å². The van der Waals surface area contributed by atoms with E-state index in [2.05, 4.69) is 15.8 Å². The van der Waals surface area contributed by atoms with E-state index in [0.717, 1.165) is 40.5 Å². The van der Waals surface area contributed by atoms with Gasteiger partial charge in [0.15, 0.2) is 11.2 Å². The van der Waals surface area contributed by atoms with Gasteiger partial charge in [-0.2, -0.15) is 0 Å². The lowest BCUT2D eigenvalue weighted by Gasteiger charge is -2.35. The molecule has 0 radical (unpaired) electrons. The maximum atomic E-state index is 13.5. The van der Waals surface area contributed by atoms with E-state index in [9.17, 15) is 19.5 Å². The summed E-state index contributed by atoms with van der Waals surface area (Å²) >= 11 is 0. The molecule has 61 heavy (non-hydrogen) atoms. The van der Waals surface area contributed by atoms with Crippen molar-refractivity contribution in [3.63, 3.8) is 0 Å². The molecule has 308 valence electrons. The number of pyridine rings is 2. The minimum absolute atomic E-state index is 0.0838. The molecule has 13 nitrogen and oxygen atoms in total. The maximum absolute atomic E-state index is 13.5. The lowest BCUT2D eigenvalue weighted by atomic mass is 9.80. The molecule has 2 aliphatic rings. The topological polar surface area (TPSA) is 160 Å². The second-order valence-electron chi connectivity index (χ2n) is 15.4. The van der Waals surface area contributed by atoms with Crippen molar-refractivity contribution < 1.29 is 29.0 Å². The van der Waals surface area contributed by atoms with Crippen molar-refractivity contribution in [2.75, 3.05) is 0 Å². The molecule has 7 aromatic rings. The summed E-state index contributed by atoms with van der Waals surface area (Å²) in [5.74, 6) is -0.312. The van der Waals surface area contributed by atoms with Crippen molar-refractivity contribution in [1.29, 1.82) is 0 Å². The highest BCUT2D eigenvalue weighted by molar-refractivity contribution is 5.87. The van der Waals surface area contributed by atoms with Crippen LogP contribution in [0, 0.1) is 0 Å². The lowest BCUT2D eigenvalue weighted by Crippen LogP contribution is -2.44. The molecule has 1 atom stereocenters. The van der Waals surface area contributed by atoms with Gasteiger partial charge in [-0.05, 0) is 66.3 Å². The quantitative estimate of drug-likeness (QED) is 0.0485. The molecular formula is C48H44N6O7. The Morgan fingerprint density at radius 3 is 2.25 bits per heavy atom. The summed E-state index contributed by atoms with van der Waals surface area (Å²) in [6.07, 6.45) is 4.55. The average molecular weight is 817 g/mol. The third-order valence-corrected chi connectivity index (χ3v) is 11.6. The highest BCUT2D eigenvalue weighted by Crippen LogP contribution is 2.41. The Morgan fingerprint density at radius 1 is 0.885 bits per heavy atom. The van der Waals surface area contributed by atoms with E-state index in [1.807, 2.05) is 121 Å². The predicted octanol–water partition coefficient (Wildman–Crippen LogP) is 6.85. The molecule has 4 aromatic carbocycles. The molecule has 0 saturated carbocycles. The van der Waals surface area contributed by atoms with Crippen LogP contribution in [0.15, 0.2) is 132 Å². The van der Waals surface area contributed by atoms with E-state index in [4.69, 9.17) is 19.3 Å². The van der Waals surface area contributed by atoms with Crippen LogP contribution in [0.1, 0.15) is 78.1 Å². The van der Waals surface area contributed by atoms with E-state index in [1.54, 1.807) is 22.2 Å². The first kappa shape index (κ1) is 39.5. The molecule has 0 bridgehead atoms. The fraction of sp³-hybridized carbons (Fsp3) is 0.250. The molecule has 0 unspecified atom stereocenters. The Labute approximate surface area is 351 Å². The average Bonchev–Trinajstić information content (AvgIpc) is 3.91. The Balaban J connectivity index is 0.779. The Bertz CT molecular complexity index is 2690. The number of nitrogens with one attached hydrogen (secondary N) is 1. The summed E-state index contributed by atoms with van der Waals surface area (Å²) in [4.78, 5) is 50.5. The van der Waals surface area contributed by atoms with Crippen LogP contribution >= 0.6 is 0 Å². The second kappa shape index (κ2) is 16.6. The van der Waals surface area contributed by atoms with Crippen molar-refractivity contribution in [1.82, 2.24) is 30.0 Å². The largest absolute Gasteiger partial charge is 0.487 e. The van der Waals surface area contributed by atoms with E-state index < -0.39 is 17.2 Å². The van der Waals surface area contributed by atoms with Crippen LogP contribution in [0.3, 0.4) is 0 Å². The van der Waals surface area contributed by atoms with Crippen LogP contribution in [0.5, 0.6) is 5.75 Å². The number of esters is 1. The molecule has 2 aliphatic heterocycles. The Morgan fingerprint density at radius 2 is 1.57 bits per heavy atom.